The first-order valence-electron chi connectivity index (χ1n) is 5.23. The summed E-state index contributed by atoms with van der Waals surface area (Å²) in [6.45, 7) is 0. The molecule has 0 aliphatic rings. The Morgan fingerprint density at radius 2 is 1.84 bits per heavy atom. The number of anilines is 1. The van der Waals surface area contributed by atoms with Gasteiger partial charge in [0.15, 0.2) is 0 Å². The normalized spacial score (nSPS) is 10.4. The molecule has 0 atom stereocenters. The topological polar surface area (TPSA) is 63.3 Å². The predicted molar refractivity (Wildman–Crippen MR) is 78.4 cm³/mol. The molecule has 3 nitrogen and oxygen atoms in total. The van der Waals surface area contributed by atoms with Gasteiger partial charge in [-0.25, -0.2) is 4.79 Å². The van der Waals surface area contributed by atoms with Crippen LogP contribution in [0.25, 0.3) is 0 Å². The quantitative estimate of drug-likeness (QED) is 0.823. The van der Waals surface area contributed by atoms with E-state index in [1.165, 1.54) is 17.8 Å². The van der Waals surface area contributed by atoms with Crippen molar-refractivity contribution in [2.24, 2.45) is 0 Å². The van der Waals surface area contributed by atoms with Crippen LogP contribution < -0.4 is 5.73 Å². The summed E-state index contributed by atoms with van der Waals surface area (Å²) in [5, 5.41) is 10.2. The van der Waals surface area contributed by atoms with Crippen molar-refractivity contribution in [3.8, 4) is 0 Å². The summed E-state index contributed by atoms with van der Waals surface area (Å²) in [5.41, 5.74) is 6.13. The molecule has 0 unspecified atom stereocenters. The zero-order valence-corrected chi connectivity index (χ0v) is 11.9. The molecule has 2 rings (SSSR count). The van der Waals surface area contributed by atoms with E-state index in [0.29, 0.717) is 25.5 Å². The molecule has 2 aromatic rings. The number of carboxylic acid groups (broad SMARTS) is 1. The number of hydrogen-bond acceptors (Lipinski definition) is 3. The van der Waals surface area contributed by atoms with Gasteiger partial charge >= 0.3 is 5.97 Å². The minimum Gasteiger partial charge on any atom is -0.478 e. The minimum absolute atomic E-state index is 0.140. The first kappa shape index (κ1) is 14.1. The second-order valence-electron chi connectivity index (χ2n) is 3.74. The summed E-state index contributed by atoms with van der Waals surface area (Å²) in [5.74, 6) is -1.03. The van der Waals surface area contributed by atoms with Crippen LogP contribution in [0.5, 0.6) is 0 Å². The molecule has 0 bridgehead atoms. The van der Waals surface area contributed by atoms with Crippen LogP contribution in [0.3, 0.4) is 0 Å². The Labute approximate surface area is 124 Å². The van der Waals surface area contributed by atoms with Gasteiger partial charge in [0.05, 0.1) is 10.6 Å². The van der Waals surface area contributed by atoms with Crippen LogP contribution in [0.15, 0.2) is 46.2 Å². The number of rotatable bonds is 3. The summed E-state index contributed by atoms with van der Waals surface area (Å²) in [6.07, 6.45) is 0. The first-order chi connectivity index (χ1) is 8.97. The fourth-order valence-corrected chi connectivity index (χ4v) is 2.93. The number of hydrogen-bond donors (Lipinski definition) is 2. The van der Waals surface area contributed by atoms with Gasteiger partial charge in [-0.1, -0.05) is 35.0 Å². The molecular formula is C13H9Cl2NO2S. The lowest BCUT2D eigenvalue weighted by molar-refractivity contribution is 0.0693. The first-order valence-corrected chi connectivity index (χ1v) is 6.80. The third kappa shape index (κ3) is 3.35. The molecule has 0 spiro atoms. The standard InChI is InChI=1S/C13H9Cl2NO2S/c14-7-1-3-10(15)12(5-7)19-11-4-2-8(16)6-9(11)13(17)18/h1-6H,16H2,(H,17,18). The van der Waals surface area contributed by atoms with Gasteiger partial charge in [-0.2, -0.15) is 0 Å². The molecule has 0 aromatic heterocycles. The van der Waals surface area contributed by atoms with Gasteiger partial charge in [0.25, 0.3) is 0 Å². The molecule has 3 N–H and O–H groups in total. The molecule has 0 heterocycles. The Bertz CT molecular complexity index is 647. The molecular weight excluding hydrogens is 305 g/mol. The highest BCUT2D eigenvalue weighted by Gasteiger charge is 2.13. The van der Waals surface area contributed by atoms with Gasteiger partial charge in [-0.15, -0.1) is 0 Å². The molecule has 0 aliphatic carbocycles. The fraction of sp³-hybridized carbons (Fsp3) is 0. The fourth-order valence-electron chi connectivity index (χ4n) is 1.48. The summed E-state index contributed by atoms with van der Waals surface area (Å²) in [4.78, 5) is 12.4. The van der Waals surface area contributed by atoms with Crippen molar-refractivity contribution in [2.45, 2.75) is 9.79 Å². The van der Waals surface area contributed by atoms with E-state index in [1.807, 2.05) is 0 Å². The van der Waals surface area contributed by atoms with Crippen molar-refractivity contribution in [1.82, 2.24) is 0 Å². The molecule has 0 radical (unpaired) electrons. The summed E-state index contributed by atoms with van der Waals surface area (Å²) < 4.78 is 0. The second-order valence-corrected chi connectivity index (χ2v) is 5.66. The number of carboxylic acids is 1. The lowest BCUT2D eigenvalue weighted by atomic mass is 10.2. The summed E-state index contributed by atoms with van der Waals surface area (Å²) in [7, 11) is 0. The van der Waals surface area contributed by atoms with E-state index in [9.17, 15) is 4.79 Å². The smallest absolute Gasteiger partial charge is 0.336 e. The molecule has 0 amide bonds. The Kier molecular flexibility index (Phi) is 4.24. The third-order valence-corrected chi connectivity index (χ3v) is 4.16. The van der Waals surface area contributed by atoms with Crippen LogP contribution in [0.2, 0.25) is 10.0 Å². The van der Waals surface area contributed by atoms with Crippen LogP contribution in [0, 0.1) is 0 Å². The van der Waals surface area contributed by atoms with Crippen molar-refractivity contribution in [2.75, 3.05) is 5.73 Å². The molecule has 0 fully saturated rings. The van der Waals surface area contributed by atoms with Gasteiger partial charge < -0.3 is 10.8 Å². The van der Waals surface area contributed by atoms with E-state index >= 15 is 0 Å². The van der Waals surface area contributed by atoms with Crippen molar-refractivity contribution < 1.29 is 9.90 Å². The van der Waals surface area contributed by atoms with E-state index in [1.54, 1.807) is 30.3 Å². The van der Waals surface area contributed by atoms with Crippen LogP contribution >= 0.6 is 35.0 Å². The lowest BCUT2D eigenvalue weighted by Crippen LogP contribution is -2.00. The number of nitrogen functional groups attached to an aromatic ring is 1. The Morgan fingerprint density at radius 3 is 2.53 bits per heavy atom. The highest BCUT2D eigenvalue weighted by Crippen LogP contribution is 2.37. The van der Waals surface area contributed by atoms with Crippen LogP contribution in [-0.2, 0) is 0 Å². The van der Waals surface area contributed by atoms with E-state index in [2.05, 4.69) is 0 Å². The van der Waals surface area contributed by atoms with Crippen LogP contribution in [-0.4, -0.2) is 11.1 Å². The summed E-state index contributed by atoms with van der Waals surface area (Å²) in [6, 6.07) is 9.76. The van der Waals surface area contributed by atoms with Gasteiger partial charge in [0.1, 0.15) is 0 Å². The van der Waals surface area contributed by atoms with Gasteiger partial charge in [0.2, 0.25) is 0 Å². The van der Waals surface area contributed by atoms with E-state index in [0.717, 1.165) is 0 Å². The number of carbonyl (C=O) groups is 1. The molecule has 0 saturated carbocycles. The zero-order chi connectivity index (χ0) is 14.0. The molecule has 98 valence electrons. The second kappa shape index (κ2) is 5.74. The largest absolute Gasteiger partial charge is 0.478 e. The monoisotopic (exact) mass is 313 g/mol. The SMILES string of the molecule is Nc1ccc(Sc2cc(Cl)ccc2Cl)c(C(=O)O)c1. The van der Waals surface area contributed by atoms with Crippen molar-refractivity contribution in [3.63, 3.8) is 0 Å². The van der Waals surface area contributed by atoms with Crippen molar-refractivity contribution >= 4 is 46.6 Å². The highest BCUT2D eigenvalue weighted by atomic mass is 35.5. The van der Waals surface area contributed by atoms with E-state index in [4.69, 9.17) is 34.0 Å². The maximum absolute atomic E-state index is 11.2. The maximum Gasteiger partial charge on any atom is 0.336 e. The number of nitrogens with two attached hydrogens (primary N) is 1. The highest BCUT2D eigenvalue weighted by molar-refractivity contribution is 7.99. The Hall–Kier alpha value is -1.36. The third-order valence-electron chi connectivity index (χ3n) is 2.35. The van der Waals surface area contributed by atoms with Gasteiger partial charge in [0, 0.05) is 20.5 Å². The van der Waals surface area contributed by atoms with Crippen LogP contribution in [0.4, 0.5) is 5.69 Å². The average Bonchev–Trinajstić information content (AvgIpc) is 2.35. The van der Waals surface area contributed by atoms with Gasteiger partial charge in [-0.05, 0) is 36.4 Å². The number of halogens is 2. The predicted octanol–water partition coefficient (Wildman–Crippen LogP) is 4.43. The Morgan fingerprint density at radius 1 is 1.11 bits per heavy atom. The molecule has 19 heavy (non-hydrogen) atoms. The van der Waals surface area contributed by atoms with Crippen molar-refractivity contribution in [3.05, 3.63) is 52.0 Å². The van der Waals surface area contributed by atoms with Crippen molar-refractivity contribution in [1.29, 1.82) is 0 Å². The van der Waals surface area contributed by atoms with E-state index in [-0.39, 0.29) is 5.56 Å². The minimum atomic E-state index is -1.03. The molecule has 2 aromatic carbocycles. The van der Waals surface area contributed by atoms with Crippen LogP contribution in [0.1, 0.15) is 10.4 Å². The van der Waals surface area contributed by atoms with Gasteiger partial charge in [-0.3, -0.25) is 0 Å². The zero-order valence-electron chi connectivity index (χ0n) is 9.56. The lowest BCUT2D eigenvalue weighted by Gasteiger charge is -2.08. The van der Waals surface area contributed by atoms with E-state index < -0.39 is 5.97 Å². The number of benzene rings is 2. The average molecular weight is 314 g/mol. The number of aromatic carboxylic acids is 1. The Balaban J connectivity index is 2.43. The molecule has 6 heteroatoms. The molecule has 0 aliphatic heterocycles. The maximum atomic E-state index is 11.2. The molecule has 0 saturated heterocycles. The summed E-state index contributed by atoms with van der Waals surface area (Å²) >= 11 is 13.2.